The molecule has 0 aliphatic carbocycles. The predicted octanol–water partition coefficient (Wildman–Crippen LogP) is 2.33. The van der Waals surface area contributed by atoms with Gasteiger partial charge in [-0.25, -0.2) is 0 Å². The molecule has 0 spiro atoms. The second-order valence-electron chi connectivity index (χ2n) is 5.88. The van der Waals surface area contributed by atoms with Crippen LogP contribution in [0.3, 0.4) is 0 Å². The van der Waals surface area contributed by atoms with Crippen molar-refractivity contribution in [2.75, 3.05) is 40.3 Å². The highest BCUT2D eigenvalue weighted by Crippen LogP contribution is 2.24. The summed E-state index contributed by atoms with van der Waals surface area (Å²) >= 11 is 0. The van der Waals surface area contributed by atoms with Gasteiger partial charge in [0.25, 0.3) is 0 Å². The summed E-state index contributed by atoms with van der Waals surface area (Å²) in [6.07, 6.45) is -2.92. The zero-order valence-electron chi connectivity index (χ0n) is 12.8. The van der Waals surface area contributed by atoms with E-state index in [-0.39, 0.29) is 12.5 Å². The largest absolute Gasteiger partial charge is 0.389 e. The standard InChI is InChI=1S/C14H28F3N3/c1-4-8-18-12(6-5-7-14(15,16)17)13-11-19(2)9-10-20(13)3/h12-13,18H,4-11H2,1-3H3. The Labute approximate surface area is 120 Å². The second-order valence-corrected chi connectivity index (χ2v) is 5.88. The zero-order chi connectivity index (χ0) is 15.2. The van der Waals surface area contributed by atoms with Crippen molar-refractivity contribution in [3.05, 3.63) is 0 Å². The molecular formula is C14H28F3N3. The van der Waals surface area contributed by atoms with Crippen molar-refractivity contribution in [2.45, 2.75) is 50.9 Å². The third kappa shape index (κ3) is 6.41. The fourth-order valence-electron chi connectivity index (χ4n) is 2.76. The molecule has 1 heterocycles. The van der Waals surface area contributed by atoms with Crippen LogP contribution in [0.15, 0.2) is 0 Å². The molecular weight excluding hydrogens is 267 g/mol. The number of halogens is 3. The van der Waals surface area contributed by atoms with Crippen LogP contribution in [0.2, 0.25) is 0 Å². The smallest absolute Gasteiger partial charge is 0.312 e. The van der Waals surface area contributed by atoms with Crippen molar-refractivity contribution in [3.8, 4) is 0 Å². The van der Waals surface area contributed by atoms with Crippen molar-refractivity contribution in [3.63, 3.8) is 0 Å². The first kappa shape index (κ1) is 17.7. The third-order valence-electron chi connectivity index (χ3n) is 4.00. The number of hydrogen-bond acceptors (Lipinski definition) is 3. The number of alkyl halides is 3. The fourth-order valence-corrected chi connectivity index (χ4v) is 2.76. The Kier molecular flexibility index (Phi) is 7.26. The minimum Gasteiger partial charge on any atom is -0.312 e. The van der Waals surface area contributed by atoms with E-state index in [4.69, 9.17) is 0 Å². The monoisotopic (exact) mass is 295 g/mol. The van der Waals surface area contributed by atoms with Gasteiger partial charge in [0.05, 0.1) is 0 Å². The molecule has 2 atom stereocenters. The van der Waals surface area contributed by atoms with E-state index in [0.717, 1.165) is 32.6 Å². The minimum atomic E-state index is -4.04. The first-order valence-electron chi connectivity index (χ1n) is 7.52. The SMILES string of the molecule is CCCNC(CCCC(F)(F)F)C1CN(C)CCN1C. The molecule has 1 fully saturated rings. The minimum absolute atomic E-state index is 0.144. The van der Waals surface area contributed by atoms with E-state index in [9.17, 15) is 13.2 Å². The Morgan fingerprint density at radius 2 is 1.95 bits per heavy atom. The summed E-state index contributed by atoms with van der Waals surface area (Å²) in [7, 11) is 4.15. The maximum atomic E-state index is 12.3. The number of piperazine rings is 1. The Bertz CT molecular complexity index is 271. The second kappa shape index (κ2) is 8.20. The van der Waals surface area contributed by atoms with Gasteiger partial charge in [-0.2, -0.15) is 13.2 Å². The average molecular weight is 295 g/mol. The summed E-state index contributed by atoms with van der Waals surface area (Å²) in [5, 5.41) is 3.44. The zero-order valence-corrected chi connectivity index (χ0v) is 12.8. The lowest BCUT2D eigenvalue weighted by Crippen LogP contribution is -2.58. The van der Waals surface area contributed by atoms with Crippen LogP contribution in [0.25, 0.3) is 0 Å². The fraction of sp³-hybridized carbons (Fsp3) is 1.00. The van der Waals surface area contributed by atoms with Gasteiger partial charge in [-0.3, -0.25) is 4.90 Å². The topological polar surface area (TPSA) is 18.5 Å². The van der Waals surface area contributed by atoms with Crippen molar-refractivity contribution >= 4 is 0 Å². The van der Waals surface area contributed by atoms with E-state index < -0.39 is 12.6 Å². The van der Waals surface area contributed by atoms with Gasteiger partial charge in [-0.1, -0.05) is 6.92 Å². The highest BCUT2D eigenvalue weighted by atomic mass is 19.4. The van der Waals surface area contributed by atoms with E-state index in [2.05, 4.69) is 36.1 Å². The van der Waals surface area contributed by atoms with Crippen LogP contribution in [-0.4, -0.2) is 68.3 Å². The van der Waals surface area contributed by atoms with Crippen LogP contribution in [0, 0.1) is 0 Å². The highest BCUT2D eigenvalue weighted by Gasteiger charge is 2.31. The van der Waals surface area contributed by atoms with Crippen molar-refractivity contribution in [1.82, 2.24) is 15.1 Å². The van der Waals surface area contributed by atoms with Crippen LogP contribution in [0.5, 0.6) is 0 Å². The number of nitrogens with one attached hydrogen (secondary N) is 1. The molecule has 0 aromatic heterocycles. The Hall–Kier alpha value is -0.330. The predicted molar refractivity (Wildman–Crippen MR) is 75.9 cm³/mol. The van der Waals surface area contributed by atoms with E-state index in [1.165, 1.54) is 0 Å². The molecule has 0 bridgehead atoms. The first-order chi connectivity index (χ1) is 9.33. The van der Waals surface area contributed by atoms with Gasteiger partial charge < -0.3 is 10.2 Å². The van der Waals surface area contributed by atoms with Crippen molar-refractivity contribution in [1.29, 1.82) is 0 Å². The van der Waals surface area contributed by atoms with Gasteiger partial charge in [-0.15, -0.1) is 0 Å². The molecule has 2 unspecified atom stereocenters. The number of hydrogen-bond donors (Lipinski definition) is 1. The Morgan fingerprint density at radius 1 is 1.25 bits per heavy atom. The van der Waals surface area contributed by atoms with Gasteiger partial charge in [0.15, 0.2) is 0 Å². The molecule has 0 saturated carbocycles. The van der Waals surface area contributed by atoms with Gasteiger partial charge >= 0.3 is 6.18 Å². The van der Waals surface area contributed by atoms with Gasteiger partial charge in [0.1, 0.15) is 0 Å². The summed E-state index contributed by atoms with van der Waals surface area (Å²) in [4.78, 5) is 4.54. The Morgan fingerprint density at radius 3 is 2.55 bits per heavy atom. The quantitative estimate of drug-likeness (QED) is 0.778. The maximum absolute atomic E-state index is 12.3. The highest BCUT2D eigenvalue weighted by molar-refractivity contribution is 4.89. The molecule has 120 valence electrons. The molecule has 0 aromatic carbocycles. The van der Waals surface area contributed by atoms with Gasteiger partial charge in [0.2, 0.25) is 0 Å². The van der Waals surface area contributed by atoms with Crippen LogP contribution in [0.1, 0.15) is 32.6 Å². The van der Waals surface area contributed by atoms with E-state index in [0.29, 0.717) is 12.5 Å². The van der Waals surface area contributed by atoms with Crippen molar-refractivity contribution in [2.24, 2.45) is 0 Å². The van der Waals surface area contributed by atoms with Crippen LogP contribution in [0.4, 0.5) is 13.2 Å². The third-order valence-corrected chi connectivity index (χ3v) is 4.00. The lowest BCUT2D eigenvalue weighted by atomic mass is 9.98. The van der Waals surface area contributed by atoms with Gasteiger partial charge in [-0.05, 0) is 39.9 Å². The molecule has 6 heteroatoms. The molecule has 1 N–H and O–H groups in total. The van der Waals surface area contributed by atoms with Crippen molar-refractivity contribution < 1.29 is 13.2 Å². The van der Waals surface area contributed by atoms with Crippen LogP contribution >= 0.6 is 0 Å². The summed E-state index contributed by atoms with van der Waals surface area (Å²) in [5.74, 6) is 0. The lowest BCUT2D eigenvalue weighted by Gasteiger charge is -2.42. The summed E-state index contributed by atoms with van der Waals surface area (Å²) in [5.41, 5.74) is 0. The molecule has 3 nitrogen and oxygen atoms in total. The van der Waals surface area contributed by atoms with Gasteiger partial charge in [0, 0.05) is 38.1 Å². The van der Waals surface area contributed by atoms with E-state index in [1.54, 1.807) is 0 Å². The molecule has 1 saturated heterocycles. The molecule has 0 amide bonds. The summed E-state index contributed by atoms with van der Waals surface area (Å²) < 4.78 is 36.9. The maximum Gasteiger partial charge on any atom is 0.389 e. The molecule has 1 rings (SSSR count). The molecule has 1 aliphatic heterocycles. The van der Waals surface area contributed by atoms with E-state index >= 15 is 0 Å². The summed E-state index contributed by atoms with van der Waals surface area (Å²) in [6, 6.07) is 0.443. The molecule has 20 heavy (non-hydrogen) atoms. The van der Waals surface area contributed by atoms with Crippen LogP contribution in [-0.2, 0) is 0 Å². The molecule has 1 aliphatic rings. The molecule has 0 aromatic rings. The number of rotatable bonds is 7. The summed E-state index contributed by atoms with van der Waals surface area (Å²) in [6.45, 7) is 5.87. The van der Waals surface area contributed by atoms with Crippen LogP contribution < -0.4 is 5.32 Å². The average Bonchev–Trinajstić information content (AvgIpc) is 2.35. The first-order valence-corrected chi connectivity index (χ1v) is 7.52. The molecule has 0 radical (unpaired) electrons. The lowest BCUT2D eigenvalue weighted by molar-refractivity contribution is -0.136. The number of likely N-dealkylation sites (N-methyl/N-ethyl adjacent to an activating group) is 2. The Balaban J connectivity index is 2.53. The number of nitrogens with zero attached hydrogens (tertiary/aromatic N) is 2. The normalized spacial score (nSPS) is 24.0. The van der Waals surface area contributed by atoms with E-state index in [1.807, 2.05) is 0 Å².